The molecule has 0 aliphatic heterocycles. The summed E-state index contributed by atoms with van der Waals surface area (Å²) in [6, 6.07) is 19.1. The summed E-state index contributed by atoms with van der Waals surface area (Å²) >= 11 is 6.02. The summed E-state index contributed by atoms with van der Waals surface area (Å²) in [5, 5.41) is 3.32. The largest absolute Gasteiger partial charge is 0.492 e. The van der Waals surface area contributed by atoms with E-state index in [4.69, 9.17) is 16.3 Å². The predicted molar refractivity (Wildman–Crippen MR) is 163 cm³/mol. The molecule has 3 aromatic rings. The molecule has 0 radical (unpaired) electrons. The smallest absolute Gasteiger partial charge is 0.264 e. The minimum absolute atomic E-state index is 0.0337. The van der Waals surface area contributed by atoms with Gasteiger partial charge in [-0.1, -0.05) is 60.5 Å². The lowest BCUT2D eigenvalue weighted by Gasteiger charge is -2.33. The highest BCUT2D eigenvalue weighted by atomic mass is 35.5. The van der Waals surface area contributed by atoms with Gasteiger partial charge < -0.3 is 15.0 Å². The van der Waals surface area contributed by atoms with E-state index in [0.717, 1.165) is 21.9 Å². The van der Waals surface area contributed by atoms with Crippen molar-refractivity contribution >= 4 is 39.1 Å². The van der Waals surface area contributed by atoms with Gasteiger partial charge >= 0.3 is 0 Å². The number of hydrogen-bond donors (Lipinski definition) is 1. The Bertz CT molecular complexity index is 1430. The van der Waals surface area contributed by atoms with Crippen LogP contribution in [0.15, 0.2) is 77.7 Å². The van der Waals surface area contributed by atoms with Gasteiger partial charge in [0.05, 0.1) is 17.2 Å². The SMILES string of the molecule is CCOc1ccccc1N(CC(=O)N(Cc1ccc(C)cc1)[C@H](C)C(=O)N[C@H](C)CC)S(=O)(=O)c1ccc(Cl)cc1. The molecular formula is C31H38ClN3O5S. The van der Waals surface area contributed by atoms with E-state index in [0.29, 0.717) is 17.4 Å². The fourth-order valence-corrected chi connectivity index (χ4v) is 5.68. The summed E-state index contributed by atoms with van der Waals surface area (Å²) in [5.41, 5.74) is 2.08. The number of benzene rings is 3. The molecule has 8 nitrogen and oxygen atoms in total. The highest BCUT2D eigenvalue weighted by Gasteiger charge is 2.34. The first-order valence-corrected chi connectivity index (χ1v) is 15.4. The van der Waals surface area contributed by atoms with Gasteiger partial charge in [-0.25, -0.2) is 8.42 Å². The third-order valence-electron chi connectivity index (χ3n) is 6.76. The topological polar surface area (TPSA) is 96.0 Å². The number of aryl methyl sites for hydroxylation is 1. The number of anilines is 1. The van der Waals surface area contributed by atoms with Crippen LogP contribution in [0.25, 0.3) is 0 Å². The number of carbonyl (C=O) groups excluding carboxylic acids is 2. The van der Waals surface area contributed by atoms with Crippen molar-refractivity contribution in [1.29, 1.82) is 0 Å². The standard InChI is InChI=1S/C31H38ClN3O5S/c1-6-23(4)33-31(37)24(5)34(20-25-14-12-22(3)13-15-25)30(36)21-35(28-10-8-9-11-29(28)40-7-2)41(38,39)27-18-16-26(32)17-19-27/h8-19,23-24H,6-7,20-21H2,1-5H3,(H,33,37)/t23-,24-/m1/s1. The maximum Gasteiger partial charge on any atom is 0.264 e. The predicted octanol–water partition coefficient (Wildman–Crippen LogP) is 5.57. The second-order valence-electron chi connectivity index (χ2n) is 9.87. The lowest BCUT2D eigenvalue weighted by molar-refractivity contribution is -0.139. The molecule has 220 valence electrons. The summed E-state index contributed by atoms with van der Waals surface area (Å²) in [4.78, 5) is 28.6. The average Bonchev–Trinajstić information content (AvgIpc) is 2.95. The van der Waals surface area contributed by atoms with Crippen molar-refractivity contribution in [2.45, 2.75) is 64.6 Å². The summed E-state index contributed by atoms with van der Waals surface area (Å²) in [6.45, 7) is 9.12. The number of sulfonamides is 1. The summed E-state index contributed by atoms with van der Waals surface area (Å²) < 4.78 is 34.8. The van der Waals surface area contributed by atoms with Gasteiger partial charge in [0.15, 0.2) is 0 Å². The van der Waals surface area contributed by atoms with E-state index in [1.165, 1.54) is 29.2 Å². The minimum atomic E-state index is -4.24. The quantitative estimate of drug-likeness (QED) is 0.277. The van der Waals surface area contributed by atoms with Crippen LogP contribution in [0.1, 0.15) is 45.2 Å². The maximum atomic E-state index is 14.1. The average molecular weight is 600 g/mol. The molecule has 0 spiro atoms. The Morgan fingerprint density at radius 2 is 1.59 bits per heavy atom. The van der Waals surface area contributed by atoms with Crippen LogP contribution in [0.5, 0.6) is 5.75 Å². The zero-order chi connectivity index (χ0) is 30.2. The van der Waals surface area contributed by atoms with Crippen LogP contribution in [0.4, 0.5) is 5.69 Å². The van der Waals surface area contributed by atoms with Gasteiger partial charge in [0.1, 0.15) is 18.3 Å². The minimum Gasteiger partial charge on any atom is -0.492 e. The molecule has 3 aromatic carbocycles. The van der Waals surface area contributed by atoms with E-state index < -0.39 is 28.5 Å². The monoisotopic (exact) mass is 599 g/mol. The van der Waals surface area contributed by atoms with Gasteiger partial charge in [-0.3, -0.25) is 13.9 Å². The molecule has 0 saturated carbocycles. The number of rotatable bonds is 13. The van der Waals surface area contributed by atoms with Gasteiger partial charge in [0, 0.05) is 17.6 Å². The molecule has 2 amide bonds. The Balaban J connectivity index is 2.07. The molecule has 0 aliphatic rings. The molecule has 0 saturated heterocycles. The molecule has 0 fully saturated rings. The zero-order valence-corrected chi connectivity index (χ0v) is 25.7. The molecule has 0 unspecified atom stereocenters. The maximum absolute atomic E-state index is 14.1. The molecule has 2 atom stereocenters. The van der Waals surface area contributed by atoms with E-state index in [-0.39, 0.29) is 29.1 Å². The summed E-state index contributed by atoms with van der Waals surface area (Å²) in [5.74, 6) is -0.546. The fraction of sp³-hybridized carbons (Fsp3) is 0.355. The van der Waals surface area contributed by atoms with E-state index in [1.54, 1.807) is 38.1 Å². The van der Waals surface area contributed by atoms with Crippen molar-refractivity contribution in [3.63, 3.8) is 0 Å². The number of amides is 2. The van der Waals surface area contributed by atoms with Crippen LogP contribution in [0.2, 0.25) is 5.02 Å². The van der Waals surface area contributed by atoms with Crippen LogP contribution < -0.4 is 14.4 Å². The van der Waals surface area contributed by atoms with Crippen molar-refractivity contribution in [3.8, 4) is 5.75 Å². The Hall–Kier alpha value is -3.56. The van der Waals surface area contributed by atoms with Gasteiger partial charge in [0.25, 0.3) is 10.0 Å². The van der Waals surface area contributed by atoms with Gasteiger partial charge in [-0.05, 0) is 76.1 Å². The van der Waals surface area contributed by atoms with Gasteiger partial charge in [-0.2, -0.15) is 0 Å². The van der Waals surface area contributed by atoms with Crippen LogP contribution in [-0.2, 0) is 26.2 Å². The number of ether oxygens (including phenoxy) is 1. The Labute approximate surface area is 248 Å². The highest BCUT2D eigenvalue weighted by Crippen LogP contribution is 2.33. The molecule has 3 rings (SSSR count). The summed E-state index contributed by atoms with van der Waals surface area (Å²) in [7, 11) is -4.24. The molecule has 0 heterocycles. The van der Waals surface area contributed by atoms with Crippen molar-refractivity contribution in [2.24, 2.45) is 0 Å². The lowest BCUT2D eigenvalue weighted by atomic mass is 10.1. The van der Waals surface area contributed by atoms with Crippen LogP contribution in [0, 0.1) is 6.92 Å². The number of halogens is 1. The molecule has 0 aliphatic carbocycles. The van der Waals surface area contributed by atoms with E-state index in [9.17, 15) is 18.0 Å². The normalized spacial score (nSPS) is 12.7. The second kappa shape index (κ2) is 14.4. The first kappa shape index (κ1) is 32.0. The molecule has 1 N–H and O–H groups in total. The van der Waals surface area contributed by atoms with Crippen molar-refractivity contribution in [3.05, 3.63) is 88.9 Å². The Kier molecular flexibility index (Phi) is 11.2. The number of hydrogen-bond acceptors (Lipinski definition) is 5. The second-order valence-corrected chi connectivity index (χ2v) is 12.2. The van der Waals surface area contributed by atoms with Crippen molar-refractivity contribution < 1.29 is 22.7 Å². The molecule has 0 bridgehead atoms. The number of nitrogens with one attached hydrogen (secondary N) is 1. The van der Waals surface area contributed by atoms with E-state index in [2.05, 4.69) is 5.32 Å². The van der Waals surface area contributed by atoms with E-state index >= 15 is 0 Å². The van der Waals surface area contributed by atoms with Gasteiger partial charge in [0.2, 0.25) is 11.8 Å². The molecule has 10 heteroatoms. The third-order valence-corrected chi connectivity index (χ3v) is 8.78. The first-order valence-electron chi connectivity index (χ1n) is 13.6. The van der Waals surface area contributed by atoms with Gasteiger partial charge in [-0.15, -0.1) is 0 Å². The van der Waals surface area contributed by atoms with Crippen LogP contribution >= 0.6 is 11.6 Å². The number of carbonyl (C=O) groups is 2. The first-order chi connectivity index (χ1) is 19.5. The third kappa shape index (κ3) is 8.24. The van der Waals surface area contributed by atoms with Crippen molar-refractivity contribution in [2.75, 3.05) is 17.5 Å². The Morgan fingerprint density at radius 3 is 2.20 bits per heavy atom. The lowest BCUT2D eigenvalue weighted by Crippen LogP contribution is -2.52. The van der Waals surface area contributed by atoms with E-state index in [1.807, 2.05) is 45.0 Å². The fourth-order valence-electron chi connectivity index (χ4n) is 4.13. The highest BCUT2D eigenvalue weighted by molar-refractivity contribution is 7.92. The van der Waals surface area contributed by atoms with Crippen LogP contribution in [0.3, 0.4) is 0 Å². The summed E-state index contributed by atoms with van der Waals surface area (Å²) in [6.07, 6.45) is 0.728. The molecule has 41 heavy (non-hydrogen) atoms. The zero-order valence-electron chi connectivity index (χ0n) is 24.1. The number of nitrogens with zero attached hydrogens (tertiary/aromatic N) is 2. The Morgan fingerprint density at radius 1 is 0.951 bits per heavy atom. The molecule has 0 aromatic heterocycles. The molecular weight excluding hydrogens is 562 g/mol. The number of para-hydroxylation sites is 2. The van der Waals surface area contributed by atoms with Crippen molar-refractivity contribution in [1.82, 2.24) is 10.2 Å². The van der Waals surface area contributed by atoms with Crippen LogP contribution in [-0.4, -0.2) is 50.4 Å².